The van der Waals surface area contributed by atoms with Crippen molar-refractivity contribution in [2.24, 2.45) is 5.16 Å². The minimum Gasteiger partial charge on any atom is -0.462 e. The molecule has 98 valence electrons. The molecule has 0 aliphatic rings. The molecule has 1 aromatic carbocycles. The third-order valence-corrected chi connectivity index (χ3v) is 2.49. The highest BCUT2D eigenvalue weighted by Gasteiger charge is 2.08. The average molecular weight is 259 g/mol. The van der Waals surface area contributed by atoms with E-state index in [1.54, 1.807) is 43.3 Å². The number of furan rings is 1. The van der Waals surface area contributed by atoms with Gasteiger partial charge in [0.2, 0.25) is 0 Å². The van der Waals surface area contributed by atoms with Crippen molar-refractivity contribution in [2.45, 2.75) is 6.92 Å². The number of esters is 1. The number of hydrogen-bond acceptors (Lipinski definition) is 5. The predicted molar refractivity (Wildman–Crippen MR) is 69.5 cm³/mol. The molecule has 0 saturated carbocycles. The first-order chi connectivity index (χ1) is 9.24. The minimum atomic E-state index is -0.346. The molecule has 0 atom stereocenters. The highest BCUT2D eigenvalue weighted by atomic mass is 16.5. The number of hydrogen-bond donors (Lipinski definition) is 1. The van der Waals surface area contributed by atoms with Crippen LogP contribution >= 0.6 is 0 Å². The summed E-state index contributed by atoms with van der Waals surface area (Å²) in [6.45, 7) is 2.11. The molecule has 0 spiro atoms. The van der Waals surface area contributed by atoms with Crippen LogP contribution in [0.1, 0.15) is 23.0 Å². The number of benzene rings is 1. The van der Waals surface area contributed by atoms with Crippen LogP contribution in [-0.2, 0) is 4.74 Å². The van der Waals surface area contributed by atoms with Gasteiger partial charge < -0.3 is 14.4 Å². The van der Waals surface area contributed by atoms with Crippen molar-refractivity contribution in [3.05, 3.63) is 47.7 Å². The molecule has 19 heavy (non-hydrogen) atoms. The van der Waals surface area contributed by atoms with Crippen molar-refractivity contribution >= 4 is 12.2 Å². The predicted octanol–water partition coefficient (Wildman–Crippen LogP) is 2.93. The molecule has 5 nitrogen and oxygen atoms in total. The van der Waals surface area contributed by atoms with Gasteiger partial charge in [0, 0.05) is 5.56 Å². The van der Waals surface area contributed by atoms with Crippen molar-refractivity contribution < 1.29 is 19.2 Å². The summed E-state index contributed by atoms with van der Waals surface area (Å²) in [6, 6.07) is 10.3. The number of carbonyl (C=O) groups is 1. The second-order valence-electron chi connectivity index (χ2n) is 3.74. The molecule has 0 aliphatic heterocycles. The number of oxime groups is 1. The van der Waals surface area contributed by atoms with Gasteiger partial charge >= 0.3 is 5.97 Å². The fourth-order valence-corrected chi connectivity index (χ4v) is 1.62. The van der Waals surface area contributed by atoms with Crippen molar-refractivity contribution in [2.75, 3.05) is 6.61 Å². The van der Waals surface area contributed by atoms with Gasteiger partial charge in [0.1, 0.15) is 17.7 Å². The monoisotopic (exact) mass is 259 g/mol. The molecule has 2 aromatic rings. The summed E-state index contributed by atoms with van der Waals surface area (Å²) in [5.41, 5.74) is 1.32. The molecule has 0 bridgehead atoms. The lowest BCUT2D eigenvalue weighted by Gasteiger charge is -2.02. The molecule has 2 rings (SSSR count). The van der Waals surface area contributed by atoms with Gasteiger partial charge in [0.05, 0.1) is 12.2 Å². The second-order valence-corrected chi connectivity index (χ2v) is 3.74. The third-order valence-electron chi connectivity index (χ3n) is 2.49. The topological polar surface area (TPSA) is 72.0 Å². The lowest BCUT2D eigenvalue weighted by Crippen LogP contribution is -2.03. The van der Waals surface area contributed by atoms with Crippen LogP contribution in [0.4, 0.5) is 0 Å². The van der Waals surface area contributed by atoms with Crippen LogP contribution in [0, 0.1) is 0 Å². The molecule has 5 heteroatoms. The zero-order chi connectivity index (χ0) is 13.7. The first-order valence-corrected chi connectivity index (χ1v) is 5.79. The number of carbonyl (C=O) groups excluding carboxylic acids is 1. The van der Waals surface area contributed by atoms with Crippen molar-refractivity contribution in [3.8, 4) is 11.3 Å². The Kier molecular flexibility index (Phi) is 3.97. The first-order valence-electron chi connectivity index (χ1n) is 5.79. The van der Waals surface area contributed by atoms with Gasteiger partial charge in [-0.3, -0.25) is 0 Å². The summed E-state index contributed by atoms with van der Waals surface area (Å²) in [4.78, 5) is 11.5. The standard InChI is InChI=1S/C14H13NO4/c1-2-18-14(16)11-5-3-10(4-6-11)13-8-7-12(19-13)9-15-17/h3-9,17H,2H2,1H3/b15-9+. The van der Waals surface area contributed by atoms with E-state index in [4.69, 9.17) is 14.4 Å². The Balaban J connectivity index is 2.19. The highest BCUT2D eigenvalue weighted by molar-refractivity contribution is 5.90. The molecule has 1 aromatic heterocycles. The van der Waals surface area contributed by atoms with E-state index in [-0.39, 0.29) is 5.97 Å². The fraction of sp³-hybridized carbons (Fsp3) is 0.143. The molecule has 0 amide bonds. The lowest BCUT2D eigenvalue weighted by molar-refractivity contribution is 0.0526. The zero-order valence-electron chi connectivity index (χ0n) is 10.4. The van der Waals surface area contributed by atoms with Gasteiger partial charge in [-0.25, -0.2) is 4.79 Å². The van der Waals surface area contributed by atoms with Crippen LogP contribution in [0.5, 0.6) is 0 Å². The Morgan fingerprint density at radius 3 is 2.68 bits per heavy atom. The smallest absolute Gasteiger partial charge is 0.338 e. The number of nitrogens with zero attached hydrogens (tertiary/aromatic N) is 1. The normalized spacial score (nSPS) is 10.8. The molecular weight excluding hydrogens is 246 g/mol. The zero-order valence-corrected chi connectivity index (χ0v) is 10.4. The van der Waals surface area contributed by atoms with Gasteiger partial charge in [0.25, 0.3) is 0 Å². The Morgan fingerprint density at radius 1 is 1.32 bits per heavy atom. The summed E-state index contributed by atoms with van der Waals surface area (Å²) in [5, 5.41) is 11.3. The summed E-state index contributed by atoms with van der Waals surface area (Å²) in [5.74, 6) is 0.735. The summed E-state index contributed by atoms with van der Waals surface area (Å²) >= 11 is 0. The van der Waals surface area contributed by atoms with Crippen LogP contribution in [0.15, 0.2) is 46.0 Å². The Morgan fingerprint density at radius 2 is 2.05 bits per heavy atom. The quantitative estimate of drug-likeness (QED) is 0.396. The second kappa shape index (κ2) is 5.86. The molecular formula is C14H13NO4. The van der Waals surface area contributed by atoms with Crippen LogP contribution in [-0.4, -0.2) is 24.0 Å². The van der Waals surface area contributed by atoms with E-state index in [0.717, 1.165) is 5.56 Å². The van der Waals surface area contributed by atoms with Gasteiger partial charge in [-0.05, 0) is 31.2 Å². The van der Waals surface area contributed by atoms with Gasteiger partial charge in [-0.15, -0.1) is 0 Å². The Hall–Kier alpha value is -2.56. The summed E-state index contributed by atoms with van der Waals surface area (Å²) in [6.07, 6.45) is 1.20. The summed E-state index contributed by atoms with van der Waals surface area (Å²) < 4.78 is 10.3. The van der Waals surface area contributed by atoms with Crippen LogP contribution in [0.25, 0.3) is 11.3 Å². The van der Waals surface area contributed by atoms with Gasteiger partial charge in [0.15, 0.2) is 0 Å². The third kappa shape index (κ3) is 3.01. The molecule has 0 aliphatic carbocycles. The van der Waals surface area contributed by atoms with Gasteiger partial charge in [-0.2, -0.15) is 0 Å². The minimum absolute atomic E-state index is 0.346. The Labute approximate surface area is 110 Å². The largest absolute Gasteiger partial charge is 0.462 e. The van der Waals surface area contributed by atoms with E-state index in [1.807, 2.05) is 0 Å². The average Bonchev–Trinajstić information content (AvgIpc) is 2.88. The van der Waals surface area contributed by atoms with Crippen LogP contribution in [0.3, 0.4) is 0 Å². The van der Waals surface area contributed by atoms with Crippen molar-refractivity contribution in [1.29, 1.82) is 0 Å². The molecule has 1 N–H and O–H groups in total. The highest BCUT2D eigenvalue weighted by Crippen LogP contribution is 2.22. The molecule has 0 fully saturated rings. The molecule has 0 unspecified atom stereocenters. The Bertz CT molecular complexity index is 584. The number of rotatable bonds is 4. The van der Waals surface area contributed by atoms with Crippen LogP contribution in [0.2, 0.25) is 0 Å². The molecule has 0 radical (unpaired) electrons. The maximum absolute atomic E-state index is 11.5. The van der Waals surface area contributed by atoms with Crippen LogP contribution < -0.4 is 0 Å². The van der Waals surface area contributed by atoms with E-state index < -0.39 is 0 Å². The molecule has 0 saturated heterocycles. The first kappa shape index (κ1) is 12.9. The van der Waals surface area contributed by atoms with E-state index in [9.17, 15) is 4.79 Å². The molecule has 1 heterocycles. The lowest BCUT2D eigenvalue weighted by atomic mass is 10.1. The van der Waals surface area contributed by atoms with E-state index in [0.29, 0.717) is 23.7 Å². The van der Waals surface area contributed by atoms with E-state index in [2.05, 4.69) is 5.16 Å². The van der Waals surface area contributed by atoms with E-state index in [1.165, 1.54) is 6.21 Å². The van der Waals surface area contributed by atoms with E-state index >= 15 is 0 Å². The summed E-state index contributed by atoms with van der Waals surface area (Å²) in [7, 11) is 0. The van der Waals surface area contributed by atoms with Crippen molar-refractivity contribution in [3.63, 3.8) is 0 Å². The SMILES string of the molecule is CCOC(=O)c1ccc(-c2ccc(/C=N/O)o2)cc1. The fourth-order valence-electron chi connectivity index (χ4n) is 1.62. The van der Waals surface area contributed by atoms with Crippen molar-refractivity contribution in [1.82, 2.24) is 0 Å². The maximum Gasteiger partial charge on any atom is 0.338 e. The number of ether oxygens (including phenoxy) is 1. The maximum atomic E-state index is 11.5. The van der Waals surface area contributed by atoms with Gasteiger partial charge in [-0.1, -0.05) is 17.3 Å².